The Balaban J connectivity index is 1.99. The van der Waals surface area contributed by atoms with Gasteiger partial charge in [0.05, 0.1) is 18.8 Å². The summed E-state index contributed by atoms with van der Waals surface area (Å²) in [4.78, 5) is 13.7. The van der Waals surface area contributed by atoms with Crippen LogP contribution in [-0.4, -0.2) is 47.8 Å². The molecule has 0 atom stereocenters. The lowest BCUT2D eigenvalue weighted by atomic mass is 10.0. The Morgan fingerprint density at radius 3 is 2.50 bits per heavy atom. The summed E-state index contributed by atoms with van der Waals surface area (Å²) in [6, 6.07) is 0. The summed E-state index contributed by atoms with van der Waals surface area (Å²) in [6.07, 6.45) is 6.13. The first-order valence-corrected chi connectivity index (χ1v) is 7.08. The van der Waals surface area contributed by atoms with Crippen LogP contribution in [0.3, 0.4) is 0 Å². The lowest BCUT2D eigenvalue weighted by Gasteiger charge is -2.25. The summed E-state index contributed by atoms with van der Waals surface area (Å²) in [5.41, 5.74) is -0.613. The van der Waals surface area contributed by atoms with E-state index in [0.717, 1.165) is 32.4 Å². The fourth-order valence-corrected chi connectivity index (χ4v) is 2.19. The average Bonchev–Trinajstić information content (AvgIpc) is 2.28. The molecule has 1 heterocycles. The van der Waals surface area contributed by atoms with E-state index in [2.05, 4.69) is 4.90 Å². The first kappa shape index (κ1) is 15.4. The van der Waals surface area contributed by atoms with Gasteiger partial charge in [-0.2, -0.15) is 0 Å². The standard InChI is InChI=1S/C14H27NO3/c1-14(2,17)8-4-7-11-18-13(16)12-15-9-5-3-6-10-15/h17H,3-12H2,1-2H3. The van der Waals surface area contributed by atoms with Crippen molar-refractivity contribution in [3.05, 3.63) is 0 Å². The zero-order valence-electron chi connectivity index (χ0n) is 11.8. The van der Waals surface area contributed by atoms with Gasteiger partial charge in [0, 0.05) is 0 Å². The predicted octanol–water partition coefficient (Wildman–Crippen LogP) is 1.96. The van der Waals surface area contributed by atoms with E-state index in [-0.39, 0.29) is 5.97 Å². The number of nitrogens with zero attached hydrogens (tertiary/aromatic N) is 1. The zero-order valence-corrected chi connectivity index (χ0v) is 11.8. The van der Waals surface area contributed by atoms with Crippen molar-refractivity contribution in [3.8, 4) is 0 Å². The molecule has 0 aliphatic carbocycles. The van der Waals surface area contributed by atoms with E-state index in [1.165, 1.54) is 19.3 Å². The highest BCUT2D eigenvalue weighted by atomic mass is 16.5. The van der Waals surface area contributed by atoms with E-state index in [9.17, 15) is 9.90 Å². The van der Waals surface area contributed by atoms with Gasteiger partial charge in [-0.3, -0.25) is 9.69 Å². The highest BCUT2D eigenvalue weighted by Gasteiger charge is 2.15. The Kier molecular flexibility index (Phi) is 6.65. The summed E-state index contributed by atoms with van der Waals surface area (Å²) in [5, 5.41) is 9.53. The molecule has 1 aliphatic rings. The van der Waals surface area contributed by atoms with Gasteiger partial charge in [0.2, 0.25) is 0 Å². The van der Waals surface area contributed by atoms with Crippen molar-refractivity contribution in [1.82, 2.24) is 4.90 Å². The molecule has 18 heavy (non-hydrogen) atoms. The molecule has 0 bridgehead atoms. The molecule has 0 aromatic heterocycles. The third kappa shape index (κ3) is 7.67. The van der Waals surface area contributed by atoms with E-state index in [4.69, 9.17) is 4.74 Å². The van der Waals surface area contributed by atoms with Crippen LogP contribution >= 0.6 is 0 Å². The second kappa shape index (κ2) is 7.74. The Bertz CT molecular complexity index is 242. The molecule has 1 fully saturated rings. The summed E-state index contributed by atoms with van der Waals surface area (Å²) < 4.78 is 5.20. The Labute approximate surface area is 110 Å². The van der Waals surface area contributed by atoms with E-state index in [1.807, 2.05) is 0 Å². The van der Waals surface area contributed by atoms with Gasteiger partial charge in [0.1, 0.15) is 0 Å². The summed E-state index contributed by atoms with van der Waals surface area (Å²) >= 11 is 0. The highest BCUT2D eigenvalue weighted by molar-refractivity contribution is 5.71. The van der Waals surface area contributed by atoms with Crippen LogP contribution in [0.4, 0.5) is 0 Å². The molecular formula is C14H27NO3. The van der Waals surface area contributed by atoms with Crippen molar-refractivity contribution in [3.63, 3.8) is 0 Å². The van der Waals surface area contributed by atoms with Crippen molar-refractivity contribution >= 4 is 5.97 Å². The van der Waals surface area contributed by atoms with Gasteiger partial charge >= 0.3 is 5.97 Å². The molecule has 1 rings (SSSR count). The van der Waals surface area contributed by atoms with E-state index < -0.39 is 5.60 Å². The van der Waals surface area contributed by atoms with Gasteiger partial charge in [-0.05, 0) is 59.0 Å². The highest BCUT2D eigenvalue weighted by Crippen LogP contribution is 2.12. The van der Waals surface area contributed by atoms with Crippen LogP contribution in [0.5, 0.6) is 0 Å². The fourth-order valence-electron chi connectivity index (χ4n) is 2.19. The minimum atomic E-state index is -0.613. The molecule has 0 aromatic rings. The maximum Gasteiger partial charge on any atom is 0.320 e. The largest absolute Gasteiger partial charge is 0.465 e. The molecule has 106 valence electrons. The van der Waals surface area contributed by atoms with Crippen molar-refractivity contribution in [1.29, 1.82) is 0 Å². The topological polar surface area (TPSA) is 49.8 Å². The number of unbranched alkanes of at least 4 members (excludes halogenated alkanes) is 1. The smallest absolute Gasteiger partial charge is 0.320 e. The second-order valence-corrected chi connectivity index (χ2v) is 5.83. The predicted molar refractivity (Wildman–Crippen MR) is 71.4 cm³/mol. The first-order chi connectivity index (χ1) is 8.47. The van der Waals surface area contributed by atoms with E-state index in [0.29, 0.717) is 13.2 Å². The number of rotatable bonds is 7. The number of carbonyl (C=O) groups is 1. The number of hydrogen-bond donors (Lipinski definition) is 1. The van der Waals surface area contributed by atoms with Gasteiger partial charge in [0.25, 0.3) is 0 Å². The minimum Gasteiger partial charge on any atom is -0.465 e. The first-order valence-electron chi connectivity index (χ1n) is 7.08. The van der Waals surface area contributed by atoms with Gasteiger partial charge in [-0.15, -0.1) is 0 Å². The second-order valence-electron chi connectivity index (χ2n) is 5.83. The molecule has 0 saturated carbocycles. The molecule has 0 unspecified atom stereocenters. The summed E-state index contributed by atoms with van der Waals surface area (Å²) in [7, 11) is 0. The van der Waals surface area contributed by atoms with Gasteiger partial charge in [-0.25, -0.2) is 0 Å². The Morgan fingerprint density at radius 1 is 1.22 bits per heavy atom. The van der Waals surface area contributed by atoms with Crippen LogP contribution < -0.4 is 0 Å². The van der Waals surface area contributed by atoms with Crippen LogP contribution in [-0.2, 0) is 9.53 Å². The quantitative estimate of drug-likeness (QED) is 0.559. The van der Waals surface area contributed by atoms with E-state index in [1.54, 1.807) is 13.8 Å². The lowest BCUT2D eigenvalue weighted by molar-refractivity contribution is -0.145. The van der Waals surface area contributed by atoms with Crippen LogP contribution in [0, 0.1) is 0 Å². The number of hydrogen-bond acceptors (Lipinski definition) is 4. The molecule has 0 radical (unpaired) electrons. The van der Waals surface area contributed by atoms with Gasteiger partial charge < -0.3 is 9.84 Å². The molecular weight excluding hydrogens is 230 g/mol. The van der Waals surface area contributed by atoms with Crippen molar-refractivity contribution in [2.75, 3.05) is 26.2 Å². The molecule has 4 heteroatoms. The van der Waals surface area contributed by atoms with Gasteiger partial charge in [0.15, 0.2) is 0 Å². The normalized spacial score (nSPS) is 17.7. The molecule has 1 aliphatic heterocycles. The third-order valence-corrected chi connectivity index (χ3v) is 3.25. The lowest BCUT2D eigenvalue weighted by Crippen LogP contribution is -2.35. The molecule has 1 N–H and O–H groups in total. The van der Waals surface area contributed by atoms with Crippen LogP contribution in [0.15, 0.2) is 0 Å². The van der Waals surface area contributed by atoms with E-state index >= 15 is 0 Å². The fraction of sp³-hybridized carbons (Fsp3) is 0.929. The number of piperidine rings is 1. The Hall–Kier alpha value is -0.610. The van der Waals surface area contributed by atoms with Gasteiger partial charge in [-0.1, -0.05) is 6.42 Å². The van der Waals surface area contributed by atoms with Crippen molar-refractivity contribution in [2.24, 2.45) is 0 Å². The van der Waals surface area contributed by atoms with Crippen molar-refractivity contribution < 1.29 is 14.6 Å². The number of esters is 1. The maximum absolute atomic E-state index is 11.6. The van der Waals surface area contributed by atoms with Crippen LogP contribution in [0.25, 0.3) is 0 Å². The number of aliphatic hydroxyl groups is 1. The monoisotopic (exact) mass is 257 g/mol. The van der Waals surface area contributed by atoms with Crippen LogP contribution in [0.2, 0.25) is 0 Å². The number of carbonyl (C=O) groups excluding carboxylic acids is 1. The summed E-state index contributed by atoms with van der Waals surface area (Å²) in [6.45, 7) is 6.56. The Morgan fingerprint density at radius 2 is 1.89 bits per heavy atom. The maximum atomic E-state index is 11.6. The molecule has 4 nitrogen and oxygen atoms in total. The molecule has 0 aromatic carbocycles. The average molecular weight is 257 g/mol. The van der Waals surface area contributed by atoms with Crippen LogP contribution in [0.1, 0.15) is 52.4 Å². The van der Waals surface area contributed by atoms with Crippen molar-refractivity contribution in [2.45, 2.75) is 58.0 Å². The number of likely N-dealkylation sites (tertiary alicyclic amines) is 1. The molecule has 1 saturated heterocycles. The zero-order chi connectivity index (χ0) is 13.4. The molecule has 0 spiro atoms. The number of ether oxygens (including phenoxy) is 1. The third-order valence-electron chi connectivity index (χ3n) is 3.25. The summed E-state index contributed by atoms with van der Waals surface area (Å²) in [5.74, 6) is -0.111. The molecule has 0 amide bonds. The minimum absolute atomic E-state index is 0.111. The SMILES string of the molecule is CC(C)(O)CCCCOC(=O)CN1CCCCC1.